The Hall–Kier alpha value is -1.58. The van der Waals surface area contributed by atoms with Crippen molar-refractivity contribution in [2.24, 2.45) is 0 Å². The van der Waals surface area contributed by atoms with Crippen molar-refractivity contribution in [2.45, 2.75) is 13.3 Å². The van der Waals surface area contributed by atoms with E-state index in [1.54, 1.807) is 6.07 Å². The second-order valence-corrected chi connectivity index (χ2v) is 2.90. The van der Waals surface area contributed by atoms with Gasteiger partial charge in [-0.15, -0.1) is 0 Å². The molecule has 2 heterocycles. The highest BCUT2D eigenvalue weighted by Crippen LogP contribution is 2.27. The third-order valence-electron chi connectivity index (χ3n) is 1.85. The highest BCUT2D eigenvalue weighted by Gasteiger charge is 2.21. The molecule has 0 fully saturated rings. The van der Waals surface area contributed by atoms with Crippen LogP contribution in [0, 0.1) is 6.92 Å². The maximum atomic E-state index is 11.0. The molecule has 0 aromatic carbocycles. The Balaban J connectivity index is 2.59. The first-order chi connectivity index (χ1) is 5.66. The molecule has 0 radical (unpaired) electrons. The molecule has 0 aliphatic carbocycles. The fraction of sp³-hybridized carbons (Fsp3) is 0.250. The van der Waals surface area contributed by atoms with Crippen molar-refractivity contribution in [3.63, 3.8) is 0 Å². The van der Waals surface area contributed by atoms with Gasteiger partial charge in [-0.2, -0.15) is 0 Å². The van der Waals surface area contributed by atoms with E-state index in [-0.39, 0.29) is 5.91 Å². The summed E-state index contributed by atoms with van der Waals surface area (Å²) in [6.07, 6.45) is 0.348. The van der Waals surface area contributed by atoms with E-state index in [2.05, 4.69) is 10.3 Å². The number of carbonyl (C=O) groups excluding carboxylic acids is 1. The van der Waals surface area contributed by atoms with E-state index in [1.165, 1.54) is 0 Å². The molecule has 0 saturated carbocycles. The van der Waals surface area contributed by atoms with Crippen molar-refractivity contribution in [2.75, 3.05) is 11.1 Å². The van der Waals surface area contributed by atoms with Crippen LogP contribution >= 0.6 is 0 Å². The number of pyridine rings is 1. The van der Waals surface area contributed by atoms with E-state index in [0.29, 0.717) is 17.8 Å². The van der Waals surface area contributed by atoms with E-state index in [1.807, 2.05) is 6.92 Å². The van der Waals surface area contributed by atoms with E-state index in [0.717, 1.165) is 11.4 Å². The van der Waals surface area contributed by atoms with Crippen LogP contribution in [0.3, 0.4) is 0 Å². The van der Waals surface area contributed by atoms with Gasteiger partial charge < -0.3 is 11.1 Å². The summed E-state index contributed by atoms with van der Waals surface area (Å²) in [5.41, 5.74) is 8.58. The molecule has 4 nitrogen and oxygen atoms in total. The lowest BCUT2D eigenvalue weighted by atomic mass is 10.2. The number of nitrogen functional groups attached to an aromatic ring is 1. The lowest BCUT2D eigenvalue weighted by Gasteiger charge is -2.02. The molecule has 0 atom stereocenters. The molecule has 3 N–H and O–H groups in total. The summed E-state index contributed by atoms with van der Waals surface area (Å²) in [7, 11) is 0. The molecule has 1 aliphatic rings. The van der Waals surface area contributed by atoms with Crippen LogP contribution in [0.1, 0.15) is 11.4 Å². The Labute approximate surface area is 69.8 Å². The Kier molecular flexibility index (Phi) is 1.30. The maximum Gasteiger partial charge on any atom is 0.230 e. The summed E-state index contributed by atoms with van der Waals surface area (Å²) in [5.74, 6) is -0.0326. The number of aromatic nitrogens is 1. The molecule has 1 aromatic rings. The van der Waals surface area contributed by atoms with Gasteiger partial charge in [0.2, 0.25) is 5.91 Å². The molecule has 0 bridgehead atoms. The van der Waals surface area contributed by atoms with Crippen LogP contribution < -0.4 is 11.1 Å². The molecule has 1 amide bonds. The molecule has 1 aliphatic heterocycles. The molecule has 1 aromatic heterocycles. The summed E-state index contributed by atoms with van der Waals surface area (Å²) in [4.78, 5) is 15.2. The van der Waals surface area contributed by atoms with Crippen LogP contribution in [0.15, 0.2) is 6.07 Å². The molecular weight excluding hydrogens is 154 g/mol. The van der Waals surface area contributed by atoms with Gasteiger partial charge >= 0.3 is 0 Å². The fourth-order valence-electron chi connectivity index (χ4n) is 1.37. The number of nitrogens with one attached hydrogen (secondary N) is 1. The molecule has 4 heteroatoms. The minimum Gasteiger partial charge on any atom is -0.397 e. The van der Waals surface area contributed by atoms with Crippen LogP contribution in [0.2, 0.25) is 0 Å². The van der Waals surface area contributed by atoms with E-state index in [4.69, 9.17) is 5.73 Å². The van der Waals surface area contributed by atoms with Gasteiger partial charge in [0, 0.05) is 5.69 Å². The van der Waals surface area contributed by atoms with E-state index in [9.17, 15) is 4.79 Å². The smallest absolute Gasteiger partial charge is 0.230 e. The Morgan fingerprint density at radius 2 is 2.42 bits per heavy atom. The molecule has 0 unspecified atom stereocenters. The van der Waals surface area contributed by atoms with Crippen molar-refractivity contribution in [1.82, 2.24) is 4.98 Å². The average Bonchev–Trinajstić information content (AvgIpc) is 2.29. The lowest BCUT2D eigenvalue weighted by Crippen LogP contribution is -2.04. The zero-order valence-electron chi connectivity index (χ0n) is 6.72. The zero-order valence-corrected chi connectivity index (χ0v) is 6.72. The molecule has 0 saturated heterocycles. The highest BCUT2D eigenvalue weighted by molar-refractivity contribution is 6.01. The number of nitrogens with two attached hydrogens (primary N) is 1. The zero-order chi connectivity index (χ0) is 8.72. The fourth-order valence-corrected chi connectivity index (χ4v) is 1.37. The number of nitrogens with zero attached hydrogens (tertiary/aromatic N) is 1. The number of carbonyl (C=O) groups is 1. The number of amides is 1. The van der Waals surface area contributed by atoms with E-state index < -0.39 is 0 Å². The summed E-state index contributed by atoms with van der Waals surface area (Å²) >= 11 is 0. The number of hydrogen-bond donors (Lipinski definition) is 2. The van der Waals surface area contributed by atoms with Crippen LogP contribution in [0.25, 0.3) is 0 Å². The van der Waals surface area contributed by atoms with Gasteiger partial charge in [-0.25, -0.2) is 0 Å². The van der Waals surface area contributed by atoms with Crippen LogP contribution in [0.5, 0.6) is 0 Å². The first-order valence-electron chi connectivity index (χ1n) is 3.72. The molecular formula is C8H9N3O. The van der Waals surface area contributed by atoms with Crippen LogP contribution in [-0.2, 0) is 11.2 Å². The predicted molar refractivity (Wildman–Crippen MR) is 45.7 cm³/mol. The monoisotopic (exact) mass is 163 g/mol. The molecule has 62 valence electrons. The van der Waals surface area contributed by atoms with Gasteiger partial charge in [-0.3, -0.25) is 9.78 Å². The van der Waals surface area contributed by atoms with Crippen molar-refractivity contribution in [1.29, 1.82) is 0 Å². The third kappa shape index (κ3) is 0.922. The quantitative estimate of drug-likeness (QED) is 0.584. The van der Waals surface area contributed by atoms with Crippen molar-refractivity contribution >= 4 is 17.3 Å². The highest BCUT2D eigenvalue weighted by atomic mass is 16.1. The number of fused-ring (bicyclic) bond motifs is 1. The number of aryl methyl sites for hydroxylation is 1. The predicted octanol–water partition coefficient (Wildman–Crippen LogP) is 0.467. The molecule has 2 rings (SSSR count). The number of rotatable bonds is 0. The van der Waals surface area contributed by atoms with Gasteiger partial charge in [0.1, 0.15) is 0 Å². The van der Waals surface area contributed by atoms with Crippen molar-refractivity contribution in [3.05, 3.63) is 17.5 Å². The second kappa shape index (κ2) is 2.20. The SMILES string of the molecule is Cc1cc(N)c2c(n1)CC(=O)N2. The first-order valence-corrected chi connectivity index (χ1v) is 3.72. The third-order valence-corrected chi connectivity index (χ3v) is 1.85. The Morgan fingerprint density at radius 1 is 1.67 bits per heavy atom. The lowest BCUT2D eigenvalue weighted by molar-refractivity contribution is -0.115. The summed E-state index contributed by atoms with van der Waals surface area (Å²) in [5, 5.41) is 2.67. The summed E-state index contributed by atoms with van der Waals surface area (Å²) in [6, 6.07) is 1.75. The van der Waals surface area contributed by atoms with Gasteiger partial charge in [0.05, 0.1) is 23.5 Å². The summed E-state index contributed by atoms with van der Waals surface area (Å²) in [6.45, 7) is 1.86. The van der Waals surface area contributed by atoms with Crippen LogP contribution in [-0.4, -0.2) is 10.9 Å². The number of anilines is 2. The topological polar surface area (TPSA) is 68.0 Å². The van der Waals surface area contributed by atoms with Gasteiger partial charge in [-0.05, 0) is 13.0 Å². The minimum absolute atomic E-state index is 0.0326. The maximum absolute atomic E-state index is 11.0. The molecule has 12 heavy (non-hydrogen) atoms. The molecule has 0 spiro atoms. The normalized spacial score (nSPS) is 14.2. The van der Waals surface area contributed by atoms with Crippen molar-refractivity contribution in [3.8, 4) is 0 Å². The van der Waals surface area contributed by atoms with E-state index >= 15 is 0 Å². The Bertz CT molecular complexity index is 360. The van der Waals surface area contributed by atoms with Crippen molar-refractivity contribution < 1.29 is 4.79 Å². The Morgan fingerprint density at radius 3 is 3.17 bits per heavy atom. The largest absolute Gasteiger partial charge is 0.397 e. The van der Waals surface area contributed by atoms with Gasteiger partial charge in [0.15, 0.2) is 0 Å². The van der Waals surface area contributed by atoms with Crippen LogP contribution in [0.4, 0.5) is 11.4 Å². The van der Waals surface area contributed by atoms with Gasteiger partial charge in [-0.1, -0.05) is 0 Å². The standard InChI is InChI=1S/C8H9N3O/c1-4-2-5(9)8-6(10-4)3-7(12)11-8/h2H,3H2,1H3,(H2,9,10)(H,11,12). The second-order valence-electron chi connectivity index (χ2n) is 2.90. The first kappa shape index (κ1) is 7.09. The average molecular weight is 163 g/mol. The summed E-state index contributed by atoms with van der Waals surface area (Å²) < 4.78 is 0. The minimum atomic E-state index is -0.0326. The van der Waals surface area contributed by atoms with Gasteiger partial charge in [0.25, 0.3) is 0 Å². The number of hydrogen-bond acceptors (Lipinski definition) is 3.